The zero-order valence-electron chi connectivity index (χ0n) is 7.45. The normalized spacial score (nSPS) is 10.2. The fraction of sp³-hybridized carbons (Fsp3) is 0.444. The maximum atomic E-state index is 10.1. The van der Waals surface area contributed by atoms with Gasteiger partial charge >= 0.3 is 5.97 Å². The molecule has 0 aliphatic heterocycles. The molecule has 0 spiro atoms. The van der Waals surface area contributed by atoms with Gasteiger partial charge in [0.2, 0.25) is 0 Å². The maximum Gasteiger partial charge on any atom is 0.329 e. The third-order valence-corrected chi connectivity index (χ3v) is 2.57. The van der Waals surface area contributed by atoms with E-state index in [1.54, 1.807) is 11.3 Å². The summed E-state index contributed by atoms with van der Waals surface area (Å²) < 4.78 is 4.92. The van der Waals surface area contributed by atoms with Crippen molar-refractivity contribution in [1.29, 1.82) is 0 Å². The van der Waals surface area contributed by atoms with Gasteiger partial charge in [-0.2, -0.15) is 0 Å². The van der Waals surface area contributed by atoms with Crippen molar-refractivity contribution in [2.75, 3.05) is 13.2 Å². The van der Waals surface area contributed by atoms with Crippen LogP contribution < -0.4 is 0 Å². The molecule has 1 aromatic heterocycles. The molecule has 0 radical (unpaired) electrons. The van der Waals surface area contributed by atoms with Crippen molar-refractivity contribution in [3.8, 4) is 0 Å². The van der Waals surface area contributed by atoms with Crippen molar-refractivity contribution in [1.82, 2.24) is 0 Å². The molecule has 0 aliphatic rings. The lowest BCUT2D eigenvalue weighted by atomic mass is 10.3. The lowest BCUT2D eigenvalue weighted by molar-refractivity contribution is -0.142. The summed E-state index contributed by atoms with van der Waals surface area (Å²) in [6.45, 7) is 2.32. The molecule has 0 amide bonds. The number of rotatable bonds is 5. The summed E-state index contributed by atoms with van der Waals surface area (Å²) in [4.78, 5) is 12.6. The Morgan fingerprint density at radius 2 is 2.38 bits per heavy atom. The fourth-order valence-electron chi connectivity index (χ4n) is 0.952. The van der Waals surface area contributed by atoms with Gasteiger partial charge in [-0.25, -0.2) is 4.79 Å². The molecule has 0 aliphatic carbocycles. The highest BCUT2D eigenvalue weighted by Crippen LogP contribution is 2.15. The van der Waals surface area contributed by atoms with Crippen molar-refractivity contribution in [2.24, 2.45) is 0 Å². The van der Waals surface area contributed by atoms with Crippen LogP contribution in [0.2, 0.25) is 0 Å². The van der Waals surface area contributed by atoms with E-state index in [1.165, 1.54) is 9.75 Å². The van der Waals surface area contributed by atoms with Crippen LogP contribution in [-0.4, -0.2) is 24.3 Å². The predicted molar refractivity (Wildman–Crippen MR) is 51.2 cm³/mol. The first kappa shape index (κ1) is 10.2. The lowest BCUT2D eigenvalue weighted by Crippen LogP contribution is -2.08. The molecule has 72 valence electrons. The molecular formula is C9H12O3S. The Labute approximate surface area is 81.0 Å². The summed E-state index contributed by atoms with van der Waals surface area (Å²) in [7, 11) is 0. The largest absolute Gasteiger partial charge is 0.480 e. The topological polar surface area (TPSA) is 46.5 Å². The van der Waals surface area contributed by atoms with Crippen molar-refractivity contribution < 1.29 is 14.6 Å². The molecule has 1 heterocycles. The molecule has 0 bridgehead atoms. The molecule has 0 saturated carbocycles. The van der Waals surface area contributed by atoms with Crippen molar-refractivity contribution in [3.05, 3.63) is 21.9 Å². The predicted octanol–water partition coefficient (Wildman–Crippen LogP) is 1.70. The number of hydrogen-bond donors (Lipinski definition) is 1. The van der Waals surface area contributed by atoms with E-state index in [2.05, 4.69) is 6.07 Å². The molecule has 3 nitrogen and oxygen atoms in total. The first-order valence-corrected chi connectivity index (χ1v) is 4.85. The van der Waals surface area contributed by atoms with Gasteiger partial charge < -0.3 is 9.84 Å². The molecule has 0 saturated heterocycles. The Morgan fingerprint density at radius 1 is 1.62 bits per heavy atom. The molecule has 0 unspecified atom stereocenters. The molecule has 0 aromatic carbocycles. The zero-order valence-corrected chi connectivity index (χ0v) is 8.26. The fourth-order valence-corrected chi connectivity index (χ4v) is 1.82. The second-order valence-corrected chi connectivity index (χ2v) is 4.08. The number of aliphatic carboxylic acids is 1. The van der Waals surface area contributed by atoms with Gasteiger partial charge in [-0.15, -0.1) is 11.3 Å². The van der Waals surface area contributed by atoms with E-state index < -0.39 is 5.97 Å². The number of carboxylic acids is 1. The summed E-state index contributed by atoms with van der Waals surface area (Å²) in [5.41, 5.74) is 0. The minimum Gasteiger partial charge on any atom is -0.480 e. The quantitative estimate of drug-likeness (QED) is 0.736. The Hall–Kier alpha value is -0.870. The lowest BCUT2D eigenvalue weighted by Gasteiger charge is -1.98. The second-order valence-electron chi connectivity index (χ2n) is 2.71. The van der Waals surface area contributed by atoms with Crippen molar-refractivity contribution in [3.63, 3.8) is 0 Å². The second kappa shape index (κ2) is 4.99. The minimum absolute atomic E-state index is 0.204. The summed E-state index contributed by atoms with van der Waals surface area (Å²) in [5.74, 6) is -0.914. The van der Waals surface area contributed by atoms with Crippen LogP contribution in [0.3, 0.4) is 0 Å². The van der Waals surface area contributed by atoms with E-state index in [4.69, 9.17) is 9.84 Å². The highest BCUT2D eigenvalue weighted by atomic mass is 32.1. The van der Waals surface area contributed by atoms with E-state index >= 15 is 0 Å². The van der Waals surface area contributed by atoms with Crippen molar-refractivity contribution >= 4 is 17.3 Å². The van der Waals surface area contributed by atoms with Gasteiger partial charge in [-0.3, -0.25) is 0 Å². The number of thiophene rings is 1. The van der Waals surface area contributed by atoms with Gasteiger partial charge in [0, 0.05) is 16.2 Å². The monoisotopic (exact) mass is 200 g/mol. The third kappa shape index (κ3) is 4.05. The van der Waals surface area contributed by atoms with Gasteiger partial charge in [-0.1, -0.05) is 0 Å². The average Bonchev–Trinajstić information content (AvgIpc) is 2.45. The van der Waals surface area contributed by atoms with Crippen LogP contribution in [0.4, 0.5) is 0 Å². The number of hydrogen-bond acceptors (Lipinski definition) is 3. The number of aryl methyl sites for hydroxylation is 1. The van der Waals surface area contributed by atoms with Crippen LogP contribution >= 0.6 is 11.3 Å². The molecule has 4 heteroatoms. The van der Waals surface area contributed by atoms with Crippen LogP contribution in [0.15, 0.2) is 12.1 Å². The summed E-state index contributed by atoms with van der Waals surface area (Å²) in [5, 5.41) is 8.29. The zero-order chi connectivity index (χ0) is 9.68. The van der Waals surface area contributed by atoms with Gasteiger partial charge in [0.1, 0.15) is 6.61 Å². The van der Waals surface area contributed by atoms with Gasteiger partial charge in [0.25, 0.3) is 0 Å². The maximum absolute atomic E-state index is 10.1. The first-order chi connectivity index (χ1) is 6.18. The molecule has 1 rings (SSSR count). The van der Waals surface area contributed by atoms with E-state index in [1.807, 2.05) is 13.0 Å². The van der Waals surface area contributed by atoms with Gasteiger partial charge in [0.15, 0.2) is 0 Å². The molecule has 0 atom stereocenters. The Bertz CT molecular complexity index is 280. The van der Waals surface area contributed by atoms with E-state index in [0.717, 1.165) is 6.42 Å². The van der Waals surface area contributed by atoms with Crippen LogP contribution in [-0.2, 0) is 16.0 Å². The van der Waals surface area contributed by atoms with Crippen LogP contribution in [0, 0.1) is 6.92 Å². The first-order valence-electron chi connectivity index (χ1n) is 4.03. The molecule has 0 fully saturated rings. The third-order valence-electron chi connectivity index (χ3n) is 1.51. The number of carbonyl (C=O) groups is 1. The van der Waals surface area contributed by atoms with Crippen LogP contribution in [0.1, 0.15) is 9.75 Å². The van der Waals surface area contributed by atoms with Crippen LogP contribution in [0.5, 0.6) is 0 Å². The molecule has 1 aromatic rings. The van der Waals surface area contributed by atoms with E-state index in [-0.39, 0.29) is 6.61 Å². The summed E-state index contributed by atoms with van der Waals surface area (Å²) in [6, 6.07) is 4.10. The van der Waals surface area contributed by atoms with Gasteiger partial charge in [-0.05, 0) is 19.1 Å². The molecular weight excluding hydrogens is 188 g/mol. The molecule has 1 N–H and O–H groups in total. The number of ether oxygens (including phenoxy) is 1. The summed E-state index contributed by atoms with van der Waals surface area (Å²) >= 11 is 1.72. The highest BCUT2D eigenvalue weighted by Gasteiger charge is 1.98. The van der Waals surface area contributed by atoms with E-state index in [9.17, 15) is 4.79 Å². The van der Waals surface area contributed by atoms with E-state index in [0.29, 0.717) is 6.61 Å². The average molecular weight is 200 g/mol. The van der Waals surface area contributed by atoms with Crippen LogP contribution in [0.25, 0.3) is 0 Å². The minimum atomic E-state index is -0.914. The number of carboxylic acid groups (broad SMARTS) is 1. The van der Waals surface area contributed by atoms with Crippen molar-refractivity contribution in [2.45, 2.75) is 13.3 Å². The Kier molecular flexibility index (Phi) is 3.92. The Balaban J connectivity index is 2.16. The standard InChI is InChI=1S/C9H12O3S/c1-7-2-3-8(13-7)4-5-12-6-9(10)11/h2-3H,4-6H2,1H3,(H,10,11). The SMILES string of the molecule is Cc1ccc(CCOCC(=O)O)s1. The smallest absolute Gasteiger partial charge is 0.329 e. The van der Waals surface area contributed by atoms with Gasteiger partial charge in [0.05, 0.1) is 6.61 Å². The highest BCUT2D eigenvalue weighted by molar-refractivity contribution is 7.11. The molecule has 13 heavy (non-hydrogen) atoms. The summed E-state index contributed by atoms with van der Waals surface area (Å²) in [6.07, 6.45) is 0.797. The Morgan fingerprint density at radius 3 is 2.92 bits per heavy atom.